The highest BCUT2D eigenvalue weighted by atomic mass is 16.6. The van der Waals surface area contributed by atoms with E-state index in [1.54, 1.807) is 7.11 Å². The Morgan fingerprint density at radius 2 is 1.96 bits per heavy atom. The van der Waals surface area contributed by atoms with Crippen LogP contribution in [0.3, 0.4) is 0 Å². The molecule has 2 aromatic carbocycles. The van der Waals surface area contributed by atoms with Crippen molar-refractivity contribution in [1.82, 2.24) is 0 Å². The zero-order valence-corrected chi connectivity index (χ0v) is 16.9. The van der Waals surface area contributed by atoms with E-state index in [0.717, 1.165) is 40.3 Å². The van der Waals surface area contributed by atoms with Gasteiger partial charge in [-0.3, -0.25) is 0 Å². The van der Waals surface area contributed by atoms with E-state index < -0.39 is 0 Å². The number of hydrogen-bond acceptors (Lipinski definition) is 4. The molecule has 1 unspecified atom stereocenters. The average molecular weight is 380 g/mol. The fourth-order valence-electron chi connectivity index (χ4n) is 3.11. The van der Waals surface area contributed by atoms with E-state index in [2.05, 4.69) is 67.7 Å². The topological polar surface area (TPSA) is 39.7 Å². The highest BCUT2D eigenvalue weighted by Gasteiger charge is 2.12. The van der Waals surface area contributed by atoms with Gasteiger partial charge in [0.1, 0.15) is 13.2 Å². The molecule has 0 saturated carbocycles. The number of anilines is 1. The molecular weight excluding hydrogens is 350 g/mol. The molecule has 0 spiro atoms. The first-order valence-electron chi connectivity index (χ1n) is 9.83. The van der Waals surface area contributed by atoms with Crippen LogP contribution >= 0.6 is 0 Å². The van der Waals surface area contributed by atoms with Crippen LogP contribution in [0.2, 0.25) is 0 Å². The van der Waals surface area contributed by atoms with Crippen molar-refractivity contribution in [2.24, 2.45) is 0 Å². The van der Waals surface area contributed by atoms with Crippen LogP contribution < -0.4 is 14.8 Å². The second-order valence-corrected chi connectivity index (χ2v) is 6.75. The summed E-state index contributed by atoms with van der Waals surface area (Å²) in [7, 11) is 1.74. The largest absolute Gasteiger partial charge is 0.486 e. The summed E-state index contributed by atoms with van der Waals surface area (Å²) in [6.45, 7) is 6.13. The van der Waals surface area contributed by atoms with Crippen molar-refractivity contribution in [2.45, 2.75) is 32.9 Å². The SMILES string of the molecule is CC/C=C\C=C(\c1cccc(NCc2ccc3c(c2)OCCO3)c1)C(C)OC. The molecule has 1 heterocycles. The average Bonchev–Trinajstić information content (AvgIpc) is 2.75. The Hall–Kier alpha value is -2.72. The molecule has 0 saturated heterocycles. The molecule has 1 aliphatic rings. The number of benzene rings is 2. The molecule has 28 heavy (non-hydrogen) atoms. The van der Waals surface area contributed by atoms with Crippen LogP contribution in [0.4, 0.5) is 5.69 Å². The molecule has 0 aliphatic carbocycles. The van der Waals surface area contributed by atoms with Crippen molar-refractivity contribution in [3.63, 3.8) is 0 Å². The van der Waals surface area contributed by atoms with Gasteiger partial charge in [-0.1, -0.05) is 43.4 Å². The minimum atomic E-state index is 0.0227. The second-order valence-electron chi connectivity index (χ2n) is 6.75. The van der Waals surface area contributed by atoms with Crippen LogP contribution in [0.5, 0.6) is 11.5 Å². The van der Waals surface area contributed by atoms with E-state index in [4.69, 9.17) is 14.2 Å². The van der Waals surface area contributed by atoms with Crippen LogP contribution in [0, 0.1) is 0 Å². The molecular formula is C24H29NO3. The summed E-state index contributed by atoms with van der Waals surface area (Å²) in [5.41, 5.74) is 4.54. The number of methoxy groups -OCH3 is 1. The van der Waals surface area contributed by atoms with Crippen LogP contribution in [-0.2, 0) is 11.3 Å². The van der Waals surface area contributed by atoms with E-state index >= 15 is 0 Å². The first-order valence-corrected chi connectivity index (χ1v) is 9.83. The van der Waals surface area contributed by atoms with E-state index in [-0.39, 0.29) is 6.10 Å². The molecule has 1 aliphatic heterocycles. The maximum atomic E-state index is 5.67. The van der Waals surface area contributed by atoms with Crippen molar-refractivity contribution in [3.8, 4) is 11.5 Å². The first-order chi connectivity index (χ1) is 13.7. The van der Waals surface area contributed by atoms with Gasteiger partial charge in [-0.05, 0) is 54.3 Å². The van der Waals surface area contributed by atoms with Gasteiger partial charge in [0.2, 0.25) is 0 Å². The van der Waals surface area contributed by atoms with Crippen LogP contribution in [0.15, 0.2) is 60.7 Å². The molecule has 148 valence electrons. The van der Waals surface area contributed by atoms with Crippen molar-refractivity contribution >= 4 is 11.3 Å². The van der Waals surface area contributed by atoms with Crippen molar-refractivity contribution in [2.75, 3.05) is 25.6 Å². The van der Waals surface area contributed by atoms with Gasteiger partial charge < -0.3 is 19.5 Å². The molecule has 4 heteroatoms. The Morgan fingerprint density at radius 3 is 2.75 bits per heavy atom. The van der Waals surface area contributed by atoms with Gasteiger partial charge in [-0.25, -0.2) is 0 Å². The van der Waals surface area contributed by atoms with Crippen LogP contribution in [0.1, 0.15) is 31.4 Å². The van der Waals surface area contributed by atoms with Gasteiger partial charge >= 0.3 is 0 Å². The Bertz CT molecular complexity index is 841. The molecule has 3 rings (SSSR count). The zero-order valence-electron chi connectivity index (χ0n) is 16.9. The number of rotatable bonds is 8. The normalized spacial score (nSPS) is 14.9. The maximum absolute atomic E-state index is 5.67. The number of fused-ring (bicyclic) bond motifs is 1. The lowest BCUT2D eigenvalue weighted by Gasteiger charge is -2.19. The van der Waals surface area contributed by atoms with Gasteiger partial charge in [0.05, 0.1) is 6.10 Å². The first kappa shape index (κ1) is 20.0. The predicted octanol–water partition coefficient (Wildman–Crippen LogP) is 5.45. The minimum Gasteiger partial charge on any atom is -0.486 e. The second kappa shape index (κ2) is 10.00. The lowest BCUT2D eigenvalue weighted by atomic mass is 10.00. The quantitative estimate of drug-likeness (QED) is 0.619. The summed E-state index contributed by atoms with van der Waals surface area (Å²) < 4.78 is 16.8. The Morgan fingerprint density at radius 1 is 1.14 bits per heavy atom. The fraction of sp³-hybridized carbons (Fsp3) is 0.333. The molecule has 0 radical (unpaired) electrons. The van der Waals surface area contributed by atoms with Crippen molar-refractivity contribution in [3.05, 3.63) is 71.8 Å². The summed E-state index contributed by atoms with van der Waals surface area (Å²) in [5, 5.41) is 3.50. The summed E-state index contributed by atoms with van der Waals surface area (Å²) >= 11 is 0. The van der Waals surface area contributed by atoms with Gasteiger partial charge in [0.15, 0.2) is 11.5 Å². The van der Waals surface area contributed by atoms with E-state index in [0.29, 0.717) is 19.8 Å². The van der Waals surface area contributed by atoms with Crippen LogP contribution in [-0.4, -0.2) is 26.4 Å². The predicted molar refractivity (Wildman–Crippen MR) is 115 cm³/mol. The molecule has 0 bridgehead atoms. The molecule has 0 amide bonds. The molecule has 1 atom stereocenters. The van der Waals surface area contributed by atoms with E-state index in [1.807, 2.05) is 12.1 Å². The van der Waals surface area contributed by atoms with Gasteiger partial charge in [-0.15, -0.1) is 0 Å². The van der Waals surface area contributed by atoms with E-state index in [1.165, 1.54) is 0 Å². The summed E-state index contributed by atoms with van der Waals surface area (Å²) in [6, 6.07) is 14.5. The van der Waals surface area contributed by atoms with E-state index in [9.17, 15) is 0 Å². The minimum absolute atomic E-state index is 0.0227. The Labute approximate surface area is 167 Å². The van der Waals surface area contributed by atoms with Gasteiger partial charge in [-0.2, -0.15) is 0 Å². The standard InChI is InChI=1S/C24H29NO3/c1-4-5-6-10-22(18(2)26-3)20-8-7-9-21(16-20)25-17-19-11-12-23-24(15-19)28-14-13-27-23/h5-12,15-16,18,25H,4,13-14,17H2,1-3H3/b6-5-,22-10+. The summed E-state index contributed by atoms with van der Waals surface area (Å²) in [6.07, 6.45) is 7.42. The lowest BCUT2D eigenvalue weighted by molar-refractivity contribution is 0.163. The third kappa shape index (κ3) is 5.17. The smallest absolute Gasteiger partial charge is 0.161 e. The fourth-order valence-corrected chi connectivity index (χ4v) is 3.11. The van der Waals surface area contributed by atoms with Crippen molar-refractivity contribution < 1.29 is 14.2 Å². The maximum Gasteiger partial charge on any atom is 0.161 e. The molecule has 4 nitrogen and oxygen atoms in total. The summed E-state index contributed by atoms with van der Waals surface area (Å²) in [4.78, 5) is 0. The molecule has 0 fully saturated rings. The third-order valence-corrected chi connectivity index (χ3v) is 4.74. The lowest BCUT2D eigenvalue weighted by Crippen LogP contribution is -2.15. The van der Waals surface area contributed by atoms with Gasteiger partial charge in [0, 0.05) is 19.3 Å². The Balaban J connectivity index is 1.73. The molecule has 2 aromatic rings. The highest BCUT2D eigenvalue weighted by Crippen LogP contribution is 2.31. The third-order valence-electron chi connectivity index (χ3n) is 4.74. The monoisotopic (exact) mass is 379 g/mol. The highest BCUT2D eigenvalue weighted by molar-refractivity contribution is 5.72. The number of hydrogen-bond donors (Lipinski definition) is 1. The molecule has 0 aromatic heterocycles. The number of nitrogens with one attached hydrogen (secondary N) is 1. The van der Waals surface area contributed by atoms with Crippen LogP contribution in [0.25, 0.3) is 5.57 Å². The molecule has 1 N–H and O–H groups in total. The summed E-state index contributed by atoms with van der Waals surface area (Å²) in [5.74, 6) is 1.64. The number of allylic oxidation sites excluding steroid dienone is 3. The van der Waals surface area contributed by atoms with Crippen molar-refractivity contribution in [1.29, 1.82) is 0 Å². The Kier molecular flexibility index (Phi) is 7.15. The van der Waals surface area contributed by atoms with Gasteiger partial charge in [0.25, 0.3) is 0 Å². The zero-order chi connectivity index (χ0) is 19.8. The number of ether oxygens (including phenoxy) is 3.